The lowest BCUT2D eigenvalue weighted by molar-refractivity contribution is -0.385. The number of carbonyl (C=O) groups excluding carboxylic acids is 1. The van der Waals surface area contributed by atoms with Crippen molar-refractivity contribution >= 4 is 23.5 Å². The summed E-state index contributed by atoms with van der Waals surface area (Å²) in [5.74, 6) is -3.53. The number of rotatable bonds is 8. The topological polar surface area (TPSA) is 173 Å². The molecule has 0 fully saturated rings. The van der Waals surface area contributed by atoms with E-state index in [0.29, 0.717) is 0 Å². The van der Waals surface area contributed by atoms with Gasteiger partial charge in [0.05, 0.1) is 10.5 Å². The molecule has 2 atom stereocenters. The van der Waals surface area contributed by atoms with E-state index < -0.39 is 40.5 Å². The predicted octanol–water partition coefficient (Wildman–Crippen LogP) is 0.0288. The summed E-state index contributed by atoms with van der Waals surface area (Å²) < 4.78 is 0. The predicted molar refractivity (Wildman–Crippen MR) is 76.5 cm³/mol. The molecule has 0 saturated heterocycles. The minimum absolute atomic E-state index is 0.180. The summed E-state index contributed by atoms with van der Waals surface area (Å²) in [7, 11) is 0. The molecule has 0 heterocycles. The molecular weight excluding hydrogens is 310 g/mol. The SMILES string of the molecule is N[C@@H](CCC(=O)NC(C(=O)O)c1ccccc1[N+](=O)[O-])C(=O)O. The van der Waals surface area contributed by atoms with Crippen molar-refractivity contribution < 1.29 is 29.5 Å². The molecule has 0 aliphatic heterocycles. The molecule has 0 radical (unpaired) electrons. The minimum Gasteiger partial charge on any atom is -0.480 e. The van der Waals surface area contributed by atoms with Crippen molar-refractivity contribution in [3.05, 3.63) is 39.9 Å². The molecule has 1 aromatic rings. The fourth-order valence-electron chi connectivity index (χ4n) is 1.81. The summed E-state index contributed by atoms with van der Waals surface area (Å²) in [5.41, 5.74) is 4.62. The highest BCUT2D eigenvalue weighted by Crippen LogP contribution is 2.25. The maximum Gasteiger partial charge on any atom is 0.331 e. The number of carboxylic acids is 2. The van der Waals surface area contributed by atoms with Gasteiger partial charge in [-0.2, -0.15) is 0 Å². The van der Waals surface area contributed by atoms with E-state index in [9.17, 15) is 29.6 Å². The highest BCUT2D eigenvalue weighted by molar-refractivity contribution is 5.85. The van der Waals surface area contributed by atoms with Crippen LogP contribution in [0.4, 0.5) is 5.69 Å². The Kier molecular flexibility index (Phi) is 6.15. The number of carboxylic acid groups (broad SMARTS) is 2. The van der Waals surface area contributed by atoms with E-state index in [1.807, 2.05) is 0 Å². The van der Waals surface area contributed by atoms with Gasteiger partial charge >= 0.3 is 11.9 Å². The van der Waals surface area contributed by atoms with E-state index in [2.05, 4.69) is 5.32 Å². The third-order valence-electron chi connectivity index (χ3n) is 3.00. The second-order valence-corrected chi connectivity index (χ2v) is 4.64. The number of nitrogens with two attached hydrogens (primary N) is 1. The summed E-state index contributed by atoms with van der Waals surface area (Å²) in [5, 5.41) is 30.9. The molecule has 124 valence electrons. The van der Waals surface area contributed by atoms with Crippen molar-refractivity contribution in [2.75, 3.05) is 0 Å². The molecule has 23 heavy (non-hydrogen) atoms. The summed E-state index contributed by atoms with van der Waals surface area (Å²) in [4.78, 5) is 43.8. The monoisotopic (exact) mass is 325 g/mol. The van der Waals surface area contributed by atoms with Gasteiger partial charge in [-0.15, -0.1) is 0 Å². The van der Waals surface area contributed by atoms with Gasteiger partial charge in [0, 0.05) is 12.5 Å². The number of benzene rings is 1. The summed E-state index contributed by atoms with van der Waals surface area (Å²) in [6.45, 7) is 0. The Morgan fingerprint density at radius 1 is 1.22 bits per heavy atom. The van der Waals surface area contributed by atoms with E-state index in [1.54, 1.807) is 0 Å². The molecule has 0 spiro atoms. The van der Waals surface area contributed by atoms with Gasteiger partial charge < -0.3 is 21.3 Å². The van der Waals surface area contributed by atoms with Crippen LogP contribution >= 0.6 is 0 Å². The number of amides is 1. The van der Waals surface area contributed by atoms with E-state index in [0.717, 1.165) is 6.07 Å². The van der Waals surface area contributed by atoms with Crippen LogP contribution in [0, 0.1) is 10.1 Å². The maximum absolute atomic E-state index is 11.7. The van der Waals surface area contributed by atoms with Crippen LogP contribution in [0.1, 0.15) is 24.4 Å². The van der Waals surface area contributed by atoms with Crippen LogP contribution in [0.5, 0.6) is 0 Å². The third-order valence-corrected chi connectivity index (χ3v) is 3.00. The van der Waals surface area contributed by atoms with E-state index >= 15 is 0 Å². The summed E-state index contributed by atoms with van der Waals surface area (Å²) in [6, 6.07) is 2.25. The van der Waals surface area contributed by atoms with Crippen molar-refractivity contribution in [3.8, 4) is 0 Å². The molecule has 10 nitrogen and oxygen atoms in total. The molecule has 0 bridgehead atoms. The summed E-state index contributed by atoms with van der Waals surface area (Å²) in [6.07, 6.45) is -0.512. The number of hydrogen-bond acceptors (Lipinski definition) is 6. The average molecular weight is 325 g/mol. The largest absolute Gasteiger partial charge is 0.480 e. The zero-order valence-electron chi connectivity index (χ0n) is 11.8. The number of aliphatic carboxylic acids is 2. The van der Waals surface area contributed by atoms with Crippen molar-refractivity contribution in [3.63, 3.8) is 0 Å². The Morgan fingerprint density at radius 2 is 1.83 bits per heavy atom. The Balaban J connectivity index is 2.89. The molecule has 1 aromatic carbocycles. The van der Waals surface area contributed by atoms with Crippen LogP contribution in [-0.4, -0.2) is 39.0 Å². The van der Waals surface area contributed by atoms with E-state index in [4.69, 9.17) is 10.8 Å². The zero-order chi connectivity index (χ0) is 17.6. The molecule has 0 aliphatic rings. The first-order chi connectivity index (χ1) is 10.7. The zero-order valence-corrected chi connectivity index (χ0v) is 11.8. The van der Waals surface area contributed by atoms with Crippen LogP contribution in [-0.2, 0) is 14.4 Å². The molecular formula is C13H15N3O7. The second kappa shape index (κ2) is 7.84. The first-order valence-corrected chi connectivity index (χ1v) is 6.48. The lowest BCUT2D eigenvalue weighted by Crippen LogP contribution is -2.36. The van der Waals surface area contributed by atoms with Gasteiger partial charge in [-0.3, -0.25) is 19.7 Å². The van der Waals surface area contributed by atoms with Gasteiger partial charge in [0.2, 0.25) is 5.91 Å². The quantitative estimate of drug-likeness (QED) is 0.382. The number of para-hydroxylation sites is 1. The highest BCUT2D eigenvalue weighted by Gasteiger charge is 2.29. The molecule has 1 unspecified atom stereocenters. The smallest absolute Gasteiger partial charge is 0.331 e. The van der Waals surface area contributed by atoms with E-state index in [-0.39, 0.29) is 18.4 Å². The normalized spacial score (nSPS) is 12.9. The standard InChI is InChI=1S/C13H15N3O7/c14-8(12(18)19)5-6-10(17)15-11(13(20)21)7-3-1-2-4-9(7)16(22)23/h1-4,8,11H,5-6,14H2,(H,15,17)(H,18,19)(H,20,21)/t8-,11?/m0/s1. The molecule has 5 N–H and O–H groups in total. The number of carbonyl (C=O) groups is 3. The van der Waals surface area contributed by atoms with E-state index in [1.165, 1.54) is 18.2 Å². The van der Waals surface area contributed by atoms with Crippen LogP contribution in [0.2, 0.25) is 0 Å². The fourth-order valence-corrected chi connectivity index (χ4v) is 1.81. The Bertz CT molecular complexity index is 632. The molecule has 1 rings (SSSR count). The van der Waals surface area contributed by atoms with Gasteiger partial charge in [0.25, 0.3) is 5.69 Å². The third kappa shape index (κ3) is 5.04. The number of hydrogen-bond donors (Lipinski definition) is 4. The lowest BCUT2D eigenvalue weighted by Gasteiger charge is -2.15. The molecule has 0 saturated carbocycles. The number of nitrogens with one attached hydrogen (secondary N) is 1. The first-order valence-electron chi connectivity index (χ1n) is 6.48. The fraction of sp³-hybridized carbons (Fsp3) is 0.308. The Morgan fingerprint density at radius 3 is 2.35 bits per heavy atom. The van der Waals surface area contributed by atoms with Crippen molar-refractivity contribution in [2.24, 2.45) is 5.73 Å². The lowest BCUT2D eigenvalue weighted by atomic mass is 10.0. The average Bonchev–Trinajstić information content (AvgIpc) is 2.49. The number of nitro benzene ring substituents is 1. The second-order valence-electron chi connectivity index (χ2n) is 4.64. The molecule has 0 aromatic heterocycles. The van der Waals surface area contributed by atoms with Crippen molar-refractivity contribution in [1.82, 2.24) is 5.32 Å². The Labute approximate surface area is 130 Å². The van der Waals surface area contributed by atoms with Gasteiger partial charge in [-0.25, -0.2) is 4.79 Å². The number of nitro groups is 1. The van der Waals surface area contributed by atoms with Crippen LogP contribution < -0.4 is 11.1 Å². The molecule has 1 amide bonds. The van der Waals surface area contributed by atoms with Crippen molar-refractivity contribution in [2.45, 2.75) is 24.9 Å². The Hall–Kier alpha value is -3.01. The minimum atomic E-state index is -1.62. The highest BCUT2D eigenvalue weighted by atomic mass is 16.6. The van der Waals surface area contributed by atoms with Crippen LogP contribution in [0.3, 0.4) is 0 Å². The van der Waals surface area contributed by atoms with Gasteiger partial charge in [-0.05, 0) is 12.5 Å². The molecule has 0 aliphatic carbocycles. The van der Waals surface area contributed by atoms with Gasteiger partial charge in [-0.1, -0.05) is 12.1 Å². The van der Waals surface area contributed by atoms with Gasteiger partial charge in [0.1, 0.15) is 6.04 Å². The maximum atomic E-state index is 11.7. The number of nitrogens with zero attached hydrogens (tertiary/aromatic N) is 1. The first kappa shape index (κ1) is 18.0. The van der Waals surface area contributed by atoms with Crippen molar-refractivity contribution in [1.29, 1.82) is 0 Å². The molecule has 10 heteroatoms. The van der Waals surface area contributed by atoms with Gasteiger partial charge in [0.15, 0.2) is 6.04 Å². The van der Waals surface area contributed by atoms with Crippen LogP contribution in [0.25, 0.3) is 0 Å². The van der Waals surface area contributed by atoms with Crippen LogP contribution in [0.15, 0.2) is 24.3 Å². The summed E-state index contributed by atoms with van der Waals surface area (Å²) >= 11 is 0.